The third-order valence-electron chi connectivity index (χ3n) is 3.60. The van der Waals surface area contributed by atoms with Crippen molar-refractivity contribution in [1.29, 1.82) is 0 Å². The molecule has 0 bridgehead atoms. The van der Waals surface area contributed by atoms with Crippen LogP contribution in [-0.2, 0) is 0 Å². The topological polar surface area (TPSA) is 56.0 Å². The highest BCUT2D eigenvalue weighted by atomic mass is 35.5. The largest absolute Gasteiger partial charge is 0.309 e. The molecule has 1 heterocycles. The molecule has 0 saturated heterocycles. The summed E-state index contributed by atoms with van der Waals surface area (Å²) in [5.41, 5.74) is 2.91. The van der Waals surface area contributed by atoms with E-state index >= 15 is 0 Å². The number of halogens is 1. The van der Waals surface area contributed by atoms with E-state index in [2.05, 4.69) is 4.98 Å². The fourth-order valence-electron chi connectivity index (χ4n) is 2.59. The van der Waals surface area contributed by atoms with Gasteiger partial charge in [0.05, 0.1) is 16.0 Å². The lowest BCUT2D eigenvalue weighted by Crippen LogP contribution is -1.99. The van der Waals surface area contributed by atoms with Gasteiger partial charge in [-0.3, -0.25) is 10.1 Å². The smallest absolute Gasteiger partial charge is 0.258 e. The molecule has 0 atom stereocenters. The normalized spacial score (nSPS) is 10.9. The highest BCUT2D eigenvalue weighted by molar-refractivity contribution is 7.98. The van der Waals surface area contributed by atoms with E-state index in [0.717, 1.165) is 16.5 Å². The molecule has 0 unspecified atom stereocenters. The molecular weight excluding hydrogens is 332 g/mol. The first-order chi connectivity index (χ1) is 11.0. The van der Waals surface area contributed by atoms with Crippen molar-refractivity contribution in [1.82, 2.24) is 4.98 Å². The predicted molar refractivity (Wildman–Crippen MR) is 95.4 cm³/mol. The van der Waals surface area contributed by atoms with Gasteiger partial charge in [0.2, 0.25) is 0 Å². The Kier molecular flexibility index (Phi) is 4.24. The second kappa shape index (κ2) is 6.18. The van der Waals surface area contributed by atoms with Crippen LogP contribution in [0.4, 0.5) is 5.69 Å². The molecule has 0 radical (unpaired) electrons. The Balaban J connectivity index is 2.54. The van der Waals surface area contributed by atoms with E-state index in [0.29, 0.717) is 21.2 Å². The minimum absolute atomic E-state index is 0.00343. The molecule has 0 aliphatic rings. The molecule has 3 rings (SSSR count). The number of hydrogen-bond acceptors (Lipinski definition) is 4. The highest BCUT2D eigenvalue weighted by Crippen LogP contribution is 2.43. The van der Waals surface area contributed by atoms with Gasteiger partial charge in [0.1, 0.15) is 0 Å². The molecule has 1 aromatic heterocycles. The second-order valence-corrected chi connectivity index (χ2v) is 6.30. The lowest BCUT2D eigenvalue weighted by atomic mass is 9.98. The fourth-order valence-corrected chi connectivity index (χ4v) is 3.38. The molecule has 0 aliphatic carbocycles. The Hall–Kier alpha value is -2.11. The summed E-state index contributed by atoms with van der Waals surface area (Å²) >= 11 is 7.58. The van der Waals surface area contributed by atoms with Gasteiger partial charge in [0.25, 0.3) is 0 Å². The third kappa shape index (κ3) is 2.78. The average Bonchev–Trinajstić information content (AvgIpc) is 2.53. The van der Waals surface area contributed by atoms with E-state index in [1.54, 1.807) is 18.4 Å². The maximum absolute atomic E-state index is 11.7. The first-order valence-electron chi connectivity index (χ1n) is 6.90. The van der Waals surface area contributed by atoms with Crippen molar-refractivity contribution in [3.05, 3.63) is 63.2 Å². The molecule has 0 saturated carbocycles. The van der Waals surface area contributed by atoms with Crippen LogP contribution in [0.2, 0.25) is 5.02 Å². The lowest BCUT2D eigenvalue weighted by Gasteiger charge is -2.12. The number of benzene rings is 2. The molecule has 0 fully saturated rings. The Morgan fingerprint density at radius 3 is 2.61 bits per heavy atom. The van der Waals surface area contributed by atoms with Gasteiger partial charge in [-0.05, 0) is 31.4 Å². The molecule has 0 spiro atoms. The summed E-state index contributed by atoms with van der Waals surface area (Å²) in [7, 11) is 0. The van der Waals surface area contributed by atoms with Crippen molar-refractivity contribution in [2.45, 2.75) is 11.9 Å². The molecule has 4 nitrogen and oxygen atoms in total. The van der Waals surface area contributed by atoms with Gasteiger partial charge in [-0.2, -0.15) is 0 Å². The van der Waals surface area contributed by atoms with Crippen molar-refractivity contribution < 1.29 is 4.92 Å². The number of thioether (sulfide) groups is 1. The number of pyridine rings is 1. The summed E-state index contributed by atoms with van der Waals surface area (Å²) in [5.74, 6) is 0. The third-order valence-corrected chi connectivity index (χ3v) is 4.60. The minimum atomic E-state index is -0.376. The molecule has 6 heteroatoms. The maximum atomic E-state index is 11.7. The van der Waals surface area contributed by atoms with Crippen molar-refractivity contribution >= 4 is 40.0 Å². The summed E-state index contributed by atoms with van der Waals surface area (Å²) in [5, 5.41) is 13.3. The van der Waals surface area contributed by atoms with Crippen LogP contribution in [0.15, 0.2) is 47.5 Å². The van der Waals surface area contributed by atoms with E-state index in [1.807, 2.05) is 37.3 Å². The number of nitrogens with zero attached hydrogens (tertiary/aromatic N) is 2. The molecular formula is C17H13ClN2O2S. The Bertz CT molecular complexity index is 928. The van der Waals surface area contributed by atoms with Crippen LogP contribution in [0, 0.1) is 17.0 Å². The van der Waals surface area contributed by atoms with Crippen molar-refractivity contribution in [2.24, 2.45) is 0 Å². The van der Waals surface area contributed by atoms with E-state index in [9.17, 15) is 10.1 Å². The number of rotatable bonds is 3. The van der Waals surface area contributed by atoms with E-state index in [4.69, 9.17) is 11.6 Å². The van der Waals surface area contributed by atoms with E-state index in [-0.39, 0.29) is 10.6 Å². The Labute approximate surface area is 142 Å². The number of nitro groups is 1. The van der Waals surface area contributed by atoms with E-state index in [1.165, 1.54) is 11.8 Å². The fraction of sp³-hybridized carbons (Fsp3) is 0.118. The Morgan fingerprint density at radius 1 is 1.22 bits per heavy atom. The summed E-state index contributed by atoms with van der Waals surface area (Å²) in [6.07, 6.45) is 1.78. The van der Waals surface area contributed by atoms with Crippen LogP contribution < -0.4 is 0 Å². The van der Waals surface area contributed by atoms with Gasteiger partial charge in [-0.25, -0.2) is 4.98 Å². The average molecular weight is 345 g/mol. The Morgan fingerprint density at radius 2 is 1.96 bits per heavy atom. The second-order valence-electron chi connectivity index (χ2n) is 5.10. The van der Waals surface area contributed by atoms with Gasteiger partial charge in [-0.1, -0.05) is 41.4 Å². The zero-order valence-electron chi connectivity index (χ0n) is 12.5. The van der Waals surface area contributed by atoms with Crippen LogP contribution in [-0.4, -0.2) is 16.2 Å². The zero-order valence-corrected chi connectivity index (χ0v) is 14.1. The number of aromatic nitrogens is 1. The molecule has 0 N–H and O–H groups in total. The molecule has 116 valence electrons. The number of hydrogen-bond donors (Lipinski definition) is 0. The van der Waals surface area contributed by atoms with Crippen LogP contribution in [0.5, 0.6) is 0 Å². The number of aryl methyl sites for hydroxylation is 1. The van der Waals surface area contributed by atoms with Gasteiger partial charge in [0.15, 0.2) is 5.03 Å². The molecule has 0 amide bonds. The summed E-state index contributed by atoms with van der Waals surface area (Å²) in [4.78, 5) is 15.8. The first kappa shape index (κ1) is 15.8. The van der Waals surface area contributed by atoms with Crippen LogP contribution in [0.3, 0.4) is 0 Å². The van der Waals surface area contributed by atoms with Crippen LogP contribution >= 0.6 is 23.4 Å². The zero-order chi connectivity index (χ0) is 16.6. The standard InChI is InChI=1S/C17H13ClN2O2S/c1-10-7-8-14-12(9-10)15(11-5-3-4-6-13(11)18)16(20(21)22)17(19-14)23-2/h3-9H,1-2H3. The maximum Gasteiger partial charge on any atom is 0.309 e. The number of fused-ring (bicyclic) bond motifs is 1. The minimum Gasteiger partial charge on any atom is -0.258 e. The van der Waals surface area contributed by atoms with Crippen LogP contribution in [0.1, 0.15) is 5.56 Å². The van der Waals surface area contributed by atoms with Gasteiger partial charge in [-0.15, -0.1) is 11.8 Å². The molecule has 3 aromatic rings. The van der Waals surface area contributed by atoms with Gasteiger partial charge >= 0.3 is 5.69 Å². The van der Waals surface area contributed by atoms with Crippen LogP contribution in [0.25, 0.3) is 22.0 Å². The molecule has 23 heavy (non-hydrogen) atoms. The summed E-state index contributed by atoms with van der Waals surface area (Å²) < 4.78 is 0. The van der Waals surface area contributed by atoms with Crippen molar-refractivity contribution in [3.8, 4) is 11.1 Å². The summed E-state index contributed by atoms with van der Waals surface area (Å²) in [6.45, 7) is 1.95. The predicted octanol–water partition coefficient (Wildman–Crippen LogP) is 5.49. The quantitative estimate of drug-likeness (QED) is 0.358. The van der Waals surface area contributed by atoms with E-state index < -0.39 is 0 Å². The van der Waals surface area contributed by atoms with Gasteiger partial charge < -0.3 is 0 Å². The highest BCUT2D eigenvalue weighted by Gasteiger charge is 2.26. The molecule has 2 aromatic carbocycles. The lowest BCUT2D eigenvalue weighted by molar-refractivity contribution is -0.387. The monoisotopic (exact) mass is 344 g/mol. The summed E-state index contributed by atoms with van der Waals surface area (Å²) in [6, 6.07) is 12.9. The SMILES string of the molecule is CSc1nc2ccc(C)cc2c(-c2ccccc2Cl)c1[N+](=O)[O-]. The molecule has 0 aliphatic heterocycles. The first-order valence-corrected chi connectivity index (χ1v) is 8.51. The van der Waals surface area contributed by atoms with Crippen molar-refractivity contribution in [2.75, 3.05) is 6.26 Å². The van der Waals surface area contributed by atoms with Crippen molar-refractivity contribution in [3.63, 3.8) is 0 Å². The van der Waals surface area contributed by atoms with Gasteiger partial charge in [0, 0.05) is 16.0 Å².